The Morgan fingerprint density at radius 3 is 2.66 bits per heavy atom. The third kappa shape index (κ3) is 5.96. The minimum atomic E-state index is -0.481. The monoisotopic (exact) mass is 537 g/mol. The Morgan fingerprint density at radius 1 is 1.13 bits per heavy atom. The summed E-state index contributed by atoms with van der Waals surface area (Å²) in [6.07, 6.45) is 1.76. The molecule has 0 saturated carbocycles. The molecule has 0 N–H and O–H groups in total. The van der Waals surface area contributed by atoms with E-state index >= 15 is 0 Å². The van der Waals surface area contributed by atoms with E-state index in [1.54, 1.807) is 0 Å². The number of amides is 1. The summed E-state index contributed by atoms with van der Waals surface area (Å²) >= 11 is 1.84. The number of fused-ring (bicyclic) bond motifs is 2. The first-order valence-corrected chi connectivity index (χ1v) is 14.8. The first-order valence-electron chi connectivity index (χ1n) is 14.0. The smallest absolute Gasteiger partial charge is 0.410 e. The molecule has 3 heterocycles. The van der Waals surface area contributed by atoms with E-state index in [4.69, 9.17) is 14.5 Å². The van der Waals surface area contributed by atoms with Crippen LogP contribution in [0.2, 0.25) is 0 Å². The molecular formula is C30H41N4O3S+. The Kier molecular flexibility index (Phi) is 7.91. The van der Waals surface area contributed by atoms with E-state index in [1.807, 2.05) is 37.0 Å². The standard InChI is InChI=1S/C30H41N4O3S/c1-6-21(2)24-18-23(32-10-7-11-34(13-12-32)29(35)37-30(3,4)5)20-27-28(24)31-25-9-8-22(19-26(25)38-27)33-14-16-36-17-15-33/h8-9,18-21H,6-7,10-17H2,1-5H3/q+1. The van der Waals surface area contributed by atoms with Crippen molar-refractivity contribution in [2.75, 3.05) is 57.4 Å². The average molecular weight is 538 g/mol. The minimum absolute atomic E-state index is 0.216. The molecule has 2 fully saturated rings. The summed E-state index contributed by atoms with van der Waals surface area (Å²) in [7, 11) is 0. The Morgan fingerprint density at radius 2 is 1.92 bits per heavy atom. The van der Waals surface area contributed by atoms with Gasteiger partial charge in [-0.05, 0) is 63.3 Å². The fourth-order valence-electron chi connectivity index (χ4n) is 5.21. The molecule has 4 aliphatic rings. The summed E-state index contributed by atoms with van der Waals surface area (Å²) < 4.78 is 14.8. The normalized spacial score (nSPS) is 18.1. The van der Waals surface area contributed by atoms with Gasteiger partial charge in [0.15, 0.2) is 13.1 Å². The van der Waals surface area contributed by atoms with Gasteiger partial charge in [-0.2, -0.15) is 0 Å². The third-order valence-corrected chi connectivity index (χ3v) is 8.60. The highest BCUT2D eigenvalue weighted by Gasteiger charge is 2.25. The van der Waals surface area contributed by atoms with Gasteiger partial charge < -0.3 is 19.3 Å². The summed E-state index contributed by atoms with van der Waals surface area (Å²) in [5, 5.41) is 1.24. The quantitative estimate of drug-likeness (QED) is 0.341. The number of anilines is 1. The molecule has 1 amide bonds. The van der Waals surface area contributed by atoms with Crippen LogP contribution < -0.4 is 14.8 Å². The van der Waals surface area contributed by atoms with Crippen LogP contribution >= 0.6 is 11.3 Å². The van der Waals surface area contributed by atoms with Gasteiger partial charge in [0.05, 0.1) is 20.8 Å². The Bertz CT molecular complexity index is 1340. The third-order valence-electron chi connectivity index (χ3n) is 7.52. The Hall–Kier alpha value is -2.71. The Balaban J connectivity index is 1.51. The first-order chi connectivity index (χ1) is 18.2. The molecule has 0 aromatic heterocycles. The van der Waals surface area contributed by atoms with E-state index < -0.39 is 5.60 Å². The van der Waals surface area contributed by atoms with Crippen LogP contribution in [0.3, 0.4) is 0 Å². The lowest BCUT2D eigenvalue weighted by Gasteiger charge is -2.27. The van der Waals surface area contributed by atoms with Gasteiger partial charge in [0.1, 0.15) is 18.8 Å². The van der Waals surface area contributed by atoms with Crippen molar-refractivity contribution in [1.82, 2.24) is 14.5 Å². The van der Waals surface area contributed by atoms with Crippen molar-refractivity contribution in [2.24, 2.45) is 0 Å². The molecule has 1 unspecified atom stereocenters. The molecule has 1 aliphatic carbocycles. The molecule has 3 aliphatic heterocycles. The number of hydrogen-bond acceptors (Lipinski definition) is 6. The zero-order chi connectivity index (χ0) is 26.9. The molecule has 0 radical (unpaired) electrons. The number of aromatic nitrogens is 1. The molecule has 8 heteroatoms. The van der Waals surface area contributed by atoms with E-state index in [0.717, 1.165) is 70.0 Å². The molecule has 0 bridgehead atoms. The highest BCUT2D eigenvalue weighted by atomic mass is 32.1. The summed E-state index contributed by atoms with van der Waals surface area (Å²) in [5.74, 6) is 0.410. The van der Waals surface area contributed by atoms with Crippen molar-refractivity contribution < 1.29 is 14.3 Å². The number of nitrogens with zero attached hydrogens (tertiary/aromatic N) is 4. The van der Waals surface area contributed by atoms with E-state index in [1.165, 1.54) is 26.2 Å². The summed E-state index contributed by atoms with van der Waals surface area (Å²) in [5.41, 5.74) is 4.22. The van der Waals surface area contributed by atoms with Gasteiger partial charge in [-0.15, -0.1) is 11.3 Å². The number of morpholine rings is 1. The van der Waals surface area contributed by atoms with Crippen LogP contribution in [-0.2, 0) is 9.47 Å². The number of benzene rings is 2. The van der Waals surface area contributed by atoms with Crippen molar-refractivity contribution in [3.05, 3.63) is 41.3 Å². The maximum atomic E-state index is 12.7. The highest BCUT2D eigenvalue weighted by molar-refractivity contribution is 7.21. The molecule has 2 saturated heterocycles. The van der Waals surface area contributed by atoms with Gasteiger partial charge in [-0.1, -0.05) is 13.8 Å². The van der Waals surface area contributed by atoms with Crippen molar-refractivity contribution in [1.29, 1.82) is 0 Å². The summed E-state index contributed by atoms with van der Waals surface area (Å²) in [6.45, 7) is 16.8. The second kappa shape index (κ2) is 11.2. The Labute approximate surface area is 230 Å². The summed E-state index contributed by atoms with van der Waals surface area (Å²) in [6, 6.07) is 11.3. The van der Waals surface area contributed by atoms with E-state index in [-0.39, 0.29) is 6.09 Å². The fourth-order valence-corrected chi connectivity index (χ4v) is 6.28. The lowest BCUT2D eigenvalue weighted by atomic mass is 9.96. The van der Waals surface area contributed by atoms with E-state index in [2.05, 4.69) is 53.7 Å². The van der Waals surface area contributed by atoms with Crippen LogP contribution in [0.15, 0.2) is 30.3 Å². The molecule has 5 rings (SSSR count). The van der Waals surface area contributed by atoms with Crippen molar-refractivity contribution in [3.8, 4) is 10.6 Å². The molecule has 7 nitrogen and oxygen atoms in total. The predicted octanol–water partition coefficient (Wildman–Crippen LogP) is 5.16. The topological polar surface area (TPSA) is 57.9 Å². The van der Waals surface area contributed by atoms with Crippen LogP contribution in [0.5, 0.6) is 0 Å². The summed E-state index contributed by atoms with van der Waals surface area (Å²) in [4.78, 5) is 23.4. The van der Waals surface area contributed by atoms with Gasteiger partial charge in [-0.3, -0.25) is 0 Å². The average Bonchev–Trinajstić information content (AvgIpc) is 3.17. The molecular weight excluding hydrogens is 496 g/mol. The lowest BCUT2D eigenvalue weighted by molar-refractivity contribution is 0.0263. The number of carbonyl (C=O) groups excluding carboxylic acids is 1. The SMILES string of the molecule is CCC(C)c1cc(N2CCCN(C(=O)OC(C)(C)C)CC2)cc2sc3cc(=[N+]4CCOCC4)ccc-3nc12. The molecule has 0 spiro atoms. The number of carbonyl (C=O) groups is 1. The maximum absolute atomic E-state index is 12.7. The molecule has 38 heavy (non-hydrogen) atoms. The minimum Gasteiger partial charge on any atom is -0.444 e. The largest absolute Gasteiger partial charge is 0.444 e. The van der Waals surface area contributed by atoms with Crippen LogP contribution in [0, 0.1) is 0 Å². The maximum Gasteiger partial charge on any atom is 0.410 e. The molecule has 1 aromatic carbocycles. The van der Waals surface area contributed by atoms with E-state index in [0.29, 0.717) is 12.5 Å². The van der Waals surface area contributed by atoms with Gasteiger partial charge >= 0.3 is 6.09 Å². The van der Waals surface area contributed by atoms with Crippen LogP contribution in [0.4, 0.5) is 10.5 Å². The van der Waals surface area contributed by atoms with Gasteiger partial charge in [0.2, 0.25) is 5.36 Å². The highest BCUT2D eigenvalue weighted by Crippen LogP contribution is 2.37. The lowest BCUT2D eigenvalue weighted by Crippen LogP contribution is -2.39. The second-order valence-electron chi connectivity index (χ2n) is 11.5. The molecule has 204 valence electrons. The van der Waals surface area contributed by atoms with Crippen LogP contribution in [0.25, 0.3) is 20.8 Å². The van der Waals surface area contributed by atoms with Crippen molar-refractivity contribution in [3.63, 3.8) is 0 Å². The fraction of sp³-hybridized carbons (Fsp3) is 0.567. The molecule has 1 atom stereocenters. The second-order valence-corrected chi connectivity index (χ2v) is 12.5. The van der Waals surface area contributed by atoms with Crippen molar-refractivity contribution >= 4 is 33.3 Å². The van der Waals surface area contributed by atoms with Gasteiger partial charge in [0, 0.05) is 44.0 Å². The predicted molar refractivity (Wildman–Crippen MR) is 155 cm³/mol. The van der Waals surface area contributed by atoms with E-state index in [9.17, 15) is 4.79 Å². The van der Waals surface area contributed by atoms with Crippen LogP contribution in [-0.4, -0.2) is 74.1 Å². The molecule has 1 aromatic rings. The van der Waals surface area contributed by atoms with Crippen LogP contribution in [0.1, 0.15) is 58.9 Å². The number of ether oxygens (including phenoxy) is 2. The zero-order valence-electron chi connectivity index (χ0n) is 23.5. The zero-order valence-corrected chi connectivity index (χ0v) is 24.3. The first kappa shape index (κ1) is 26.9. The van der Waals surface area contributed by atoms with Crippen molar-refractivity contribution in [2.45, 2.75) is 59.0 Å². The number of hydrogen-bond donors (Lipinski definition) is 0. The van der Waals surface area contributed by atoms with Gasteiger partial charge in [0.25, 0.3) is 0 Å². The number of rotatable bonds is 3. The van der Waals surface area contributed by atoms with Gasteiger partial charge in [-0.25, -0.2) is 14.4 Å².